The molecule has 4 aromatic rings. The molecule has 0 amide bonds. The third-order valence-electron chi connectivity index (χ3n) is 4.67. The summed E-state index contributed by atoms with van der Waals surface area (Å²) in [6.07, 6.45) is 4.47. The van der Waals surface area contributed by atoms with E-state index in [1.807, 2.05) is 71.3 Å². The molecule has 28 heavy (non-hydrogen) atoms. The summed E-state index contributed by atoms with van der Waals surface area (Å²) in [6, 6.07) is 21.6. The molecule has 1 atom stereocenters. The molecule has 0 bridgehead atoms. The van der Waals surface area contributed by atoms with E-state index >= 15 is 0 Å². The summed E-state index contributed by atoms with van der Waals surface area (Å²) < 4.78 is 7.38. The Hall–Kier alpha value is -3.44. The van der Waals surface area contributed by atoms with E-state index < -0.39 is 6.10 Å². The lowest BCUT2D eigenvalue weighted by molar-refractivity contribution is 0.156. The molecule has 140 valence electrons. The second kappa shape index (κ2) is 8.06. The molecule has 0 saturated carbocycles. The molecule has 0 saturated heterocycles. The number of nitrogens with zero attached hydrogens (tertiary/aromatic N) is 3. The molecule has 0 aliphatic carbocycles. The minimum Gasteiger partial charge on any atom is -0.497 e. The molecule has 5 nitrogen and oxygen atoms in total. The largest absolute Gasteiger partial charge is 0.497 e. The van der Waals surface area contributed by atoms with Crippen molar-refractivity contribution in [3.05, 3.63) is 91.0 Å². The van der Waals surface area contributed by atoms with Gasteiger partial charge in [0.05, 0.1) is 37.5 Å². The Morgan fingerprint density at radius 3 is 2.57 bits per heavy atom. The molecular weight excluding hydrogens is 350 g/mol. The van der Waals surface area contributed by atoms with Crippen LogP contribution in [0.25, 0.3) is 22.5 Å². The van der Waals surface area contributed by atoms with Crippen LogP contribution in [0.5, 0.6) is 5.75 Å². The van der Waals surface area contributed by atoms with E-state index in [0.29, 0.717) is 6.54 Å². The van der Waals surface area contributed by atoms with Crippen molar-refractivity contribution in [2.45, 2.75) is 12.6 Å². The Labute approximate surface area is 163 Å². The molecule has 0 aliphatic heterocycles. The first-order chi connectivity index (χ1) is 13.8. The first kappa shape index (κ1) is 17.9. The monoisotopic (exact) mass is 371 g/mol. The maximum atomic E-state index is 10.7. The molecule has 1 unspecified atom stereocenters. The molecule has 2 aromatic carbocycles. The van der Waals surface area contributed by atoms with E-state index in [-0.39, 0.29) is 0 Å². The van der Waals surface area contributed by atoms with Crippen LogP contribution in [0.4, 0.5) is 0 Å². The Kier molecular flexibility index (Phi) is 5.17. The maximum Gasteiger partial charge on any atom is 0.119 e. The van der Waals surface area contributed by atoms with Gasteiger partial charge < -0.3 is 14.4 Å². The Morgan fingerprint density at radius 1 is 1.00 bits per heavy atom. The van der Waals surface area contributed by atoms with Gasteiger partial charge in [0, 0.05) is 29.1 Å². The second-order valence-corrected chi connectivity index (χ2v) is 6.49. The summed E-state index contributed by atoms with van der Waals surface area (Å²) in [6.45, 7) is 0.373. The minimum absolute atomic E-state index is 0.373. The number of pyridine rings is 1. The smallest absolute Gasteiger partial charge is 0.119 e. The van der Waals surface area contributed by atoms with Gasteiger partial charge in [0.15, 0.2) is 0 Å². The zero-order chi connectivity index (χ0) is 19.3. The molecule has 4 rings (SSSR count). The van der Waals surface area contributed by atoms with Crippen LogP contribution >= 0.6 is 0 Å². The molecule has 0 fully saturated rings. The van der Waals surface area contributed by atoms with Gasteiger partial charge in [-0.2, -0.15) is 0 Å². The highest BCUT2D eigenvalue weighted by atomic mass is 16.5. The third-order valence-corrected chi connectivity index (χ3v) is 4.67. The lowest BCUT2D eigenvalue weighted by Crippen LogP contribution is -2.09. The fourth-order valence-electron chi connectivity index (χ4n) is 3.27. The van der Waals surface area contributed by atoms with Crippen molar-refractivity contribution in [1.82, 2.24) is 14.5 Å². The normalized spacial score (nSPS) is 11.9. The Bertz CT molecular complexity index is 1050. The number of rotatable bonds is 6. The van der Waals surface area contributed by atoms with Crippen LogP contribution < -0.4 is 4.74 Å². The van der Waals surface area contributed by atoms with Gasteiger partial charge in [-0.05, 0) is 18.2 Å². The quantitative estimate of drug-likeness (QED) is 0.547. The molecule has 2 aromatic heterocycles. The highest BCUT2D eigenvalue weighted by molar-refractivity contribution is 5.79. The predicted molar refractivity (Wildman–Crippen MR) is 109 cm³/mol. The Balaban J connectivity index is 1.79. The van der Waals surface area contributed by atoms with E-state index in [1.165, 1.54) is 0 Å². The van der Waals surface area contributed by atoms with Crippen molar-refractivity contribution in [2.75, 3.05) is 7.11 Å². The van der Waals surface area contributed by atoms with Gasteiger partial charge in [-0.25, -0.2) is 4.98 Å². The molecule has 0 aliphatic rings. The topological polar surface area (TPSA) is 60.2 Å². The number of aliphatic hydroxyl groups excluding tert-OH is 1. The molecule has 2 heterocycles. The number of ether oxygens (including phenoxy) is 1. The van der Waals surface area contributed by atoms with Crippen LogP contribution in [0.15, 0.2) is 85.5 Å². The number of benzene rings is 2. The van der Waals surface area contributed by atoms with Crippen molar-refractivity contribution in [3.63, 3.8) is 0 Å². The number of hydrogen-bond acceptors (Lipinski definition) is 4. The van der Waals surface area contributed by atoms with E-state index in [0.717, 1.165) is 33.8 Å². The van der Waals surface area contributed by atoms with Gasteiger partial charge in [-0.1, -0.05) is 48.5 Å². The van der Waals surface area contributed by atoms with Crippen molar-refractivity contribution in [1.29, 1.82) is 0 Å². The number of aliphatic hydroxyl groups is 1. The van der Waals surface area contributed by atoms with E-state index in [9.17, 15) is 5.11 Å². The van der Waals surface area contributed by atoms with Crippen LogP contribution in [0, 0.1) is 0 Å². The third kappa shape index (κ3) is 3.66. The summed E-state index contributed by atoms with van der Waals surface area (Å²) in [4.78, 5) is 8.76. The molecule has 0 spiro atoms. The average Bonchev–Trinajstić information content (AvgIpc) is 3.18. The SMILES string of the molecule is COc1cccc(-c2c(-c3ccccc3)ncn2CC(O)c2cccnc2)c1. The zero-order valence-corrected chi connectivity index (χ0v) is 15.6. The van der Waals surface area contributed by atoms with Crippen molar-refractivity contribution < 1.29 is 9.84 Å². The van der Waals surface area contributed by atoms with Crippen LogP contribution in [0.3, 0.4) is 0 Å². The fourth-order valence-corrected chi connectivity index (χ4v) is 3.27. The van der Waals surface area contributed by atoms with E-state index in [4.69, 9.17) is 4.74 Å². The average molecular weight is 371 g/mol. The predicted octanol–water partition coefficient (Wildman–Crippen LogP) is 4.35. The van der Waals surface area contributed by atoms with Gasteiger partial charge >= 0.3 is 0 Å². The van der Waals surface area contributed by atoms with Gasteiger partial charge in [0.1, 0.15) is 5.75 Å². The van der Waals surface area contributed by atoms with E-state index in [1.54, 1.807) is 25.8 Å². The Morgan fingerprint density at radius 2 is 1.82 bits per heavy atom. The van der Waals surface area contributed by atoms with Crippen LogP contribution in [0.1, 0.15) is 11.7 Å². The highest BCUT2D eigenvalue weighted by Gasteiger charge is 2.18. The van der Waals surface area contributed by atoms with Crippen LogP contribution in [0.2, 0.25) is 0 Å². The number of imidazole rings is 1. The van der Waals surface area contributed by atoms with Crippen molar-refractivity contribution >= 4 is 0 Å². The van der Waals surface area contributed by atoms with E-state index in [2.05, 4.69) is 9.97 Å². The fraction of sp³-hybridized carbons (Fsp3) is 0.130. The summed E-state index contributed by atoms with van der Waals surface area (Å²) in [5, 5.41) is 10.7. The van der Waals surface area contributed by atoms with Gasteiger partial charge in [-0.3, -0.25) is 4.98 Å². The summed E-state index contributed by atoms with van der Waals surface area (Å²) in [5.41, 5.74) is 4.58. The van der Waals surface area contributed by atoms with Gasteiger partial charge in [0.25, 0.3) is 0 Å². The summed E-state index contributed by atoms with van der Waals surface area (Å²) >= 11 is 0. The number of methoxy groups -OCH3 is 1. The van der Waals surface area contributed by atoms with Crippen molar-refractivity contribution in [2.24, 2.45) is 0 Å². The standard InChI is InChI=1S/C23H21N3O2/c1-28-20-11-5-9-18(13-20)23-22(17-7-3-2-4-8-17)25-16-26(23)15-21(27)19-10-6-12-24-14-19/h2-14,16,21,27H,15H2,1H3. The van der Waals surface area contributed by atoms with Crippen molar-refractivity contribution in [3.8, 4) is 28.3 Å². The molecular formula is C23H21N3O2. The highest BCUT2D eigenvalue weighted by Crippen LogP contribution is 2.33. The molecule has 0 radical (unpaired) electrons. The molecule has 5 heteroatoms. The lowest BCUT2D eigenvalue weighted by Gasteiger charge is -2.15. The van der Waals surface area contributed by atoms with Gasteiger partial charge in [-0.15, -0.1) is 0 Å². The lowest BCUT2D eigenvalue weighted by atomic mass is 10.0. The second-order valence-electron chi connectivity index (χ2n) is 6.49. The summed E-state index contributed by atoms with van der Waals surface area (Å²) in [7, 11) is 1.65. The number of aromatic nitrogens is 3. The zero-order valence-electron chi connectivity index (χ0n) is 15.6. The van der Waals surface area contributed by atoms with Crippen LogP contribution in [-0.4, -0.2) is 26.8 Å². The van der Waals surface area contributed by atoms with Gasteiger partial charge in [0.2, 0.25) is 0 Å². The first-order valence-corrected chi connectivity index (χ1v) is 9.09. The minimum atomic E-state index is -0.684. The maximum absolute atomic E-state index is 10.7. The summed E-state index contributed by atoms with van der Waals surface area (Å²) in [5.74, 6) is 0.775. The van der Waals surface area contributed by atoms with Crippen LogP contribution in [-0.2, 0) is 6.54 Å². The number of hydrogen-bond donors (Lipinski definition) is 1. The first-order valence-electron chi connectivity index (χ1n) is 9.09. The molecule has 1 N–H and O–H groups in total.